The molecule has 0 bridgehead atoms. The lowest BCUT2D eigenvalue weighted by atomic mass is 9.71. The first kappa shape index (κ1) is 12.7. The van der Waals surface area contributed by atoms with Gasteiger partial charge in [0.05, 0.1) is 11.7 Å². The number of H-pyrrole nitrogens is 1. The average molecular weight is 261 g/mol. The van der Waals surface area contributed by atoms with Gasteiger partial charge in [0.15, 0.2) is 0 Å². The summed E-state index contributed by atoms with van der Waals surface area (Å²) < 4.78 is 0. The molecule has 3 atom stereocenters. The molecule has 1 aromatic rings. The molecule has 1 fully saturated rings. The molecule has 19 heavy (non-hydrogen) atoms. The quantitative estimate of drug-likeness (QED) is 0.859. The number of aliphatic hydroxyl groups excluding tert-OH is 1. The minimum absolute atomic E-state index is 0.163. The first-order chi connectivity index (χ1) is 9.04. The normalized spacial score (nSPS) is 30.6. The summed E-state index contributed by atoms with van der Waals surface area (Å²) in [6.07, 6.45) is 5.27. The molecule has 0 aromatic carbocycles. The number of nitrogens with one attached hydrogen (secondary N) is 1. The lowest BCUT2D eigenvalue weighted by Crippen LogP contribution is -2.30. The molecule has 0 radical (unpaired) electrons. The van der Waals surface area contributed by atoms with E-state index in [1.807, 2.05) is 6.07 Å². The first-order valence-electron chi connectivity index (χ1n) is 7.11. The lowest BCUT2D eigenvalue weighted by Gasteiger charge is -2.32. The molecule has 0 saturated carbocycles. The predicted octanol–water partition coefficient (Wildman–Crippen LogP) is 2.32. The summed E-state index contributed by atoms with van der Waals surface area (Å²) in [7, 11) is 0. The van der Waals surface area contributed by atoms with Gasteiger partial charge in [0.1, 0.15) is 0 Å². The van der Waals surface area contributed by atoms with Gasteiger partial charge in [0.2, 0.25) is 0 Å². The molecule has 3 heterocycles. The molecule has 4 nitrogen and oxygen atoms in total. The molecule has 0 spiro atoms. The molecule has 4 heteroatoms. The Morgan fingerprint density at radius 3 is 2.84 bits per heavy atom. The zero-order valence-corrected chi connectivity index (χ0v) is 11.9. The fourth-order valence-electron chi connectivity index (χ4n) is 3.96. The molecule has 2 aliphatic rings. The number of aromatic nitrogens is 2. The zero-order chi connectivity index (χ0) is 13.6. The van der Waals surface area contributed by atoms with Crippen LogP contribution in [0, 0.1) is 17.3 Å². The number of hydrogen-bond donors (Lipinski definition) is 2. The maximum atomic E-state index is 9.94. The summed E-state index contributed by atoms with van der Waals surface area (Å²) in [5.74, 6) is 0.653. The van der Waals surface area contributed by atoms with Crippen LogP contribution in [0.1, 0.15) is 38.9 Å². The van der Waals surface area contributed by atoms with E-state index in [1.54, 1.807) is 6.20 Å². The van der Waals surface area contributed by atoms with Crippen LogP contribution in [0.3, 0.4) is 0 Å². The monoisotopic (exact) mass is 261 g/mol. The molecular weight excluding hydrogens is 238 g/mol. The Balaban J connectivity index is 2.04. The Morgan fingerprint density at radius 1 is 1.47 bits per heavy atom. The van der Waals surface area contributed by atoms with Crippen molar-refractivity contribution in [2.45, 2.75) is 33.2 Å². The van der Waals surface area contributed by atoms with Crippen molar-refractivity contribution >= 4 is 0 Å². The van der Waals surface area contributed by atoms with Gasteiger partial charge in [0, 0.05) is 36.9 Å². The van der Waals surface area contributed by atoms with Crippen LogP contribution in [-0.4, -0.2) is 33.4 Å². The van der Waals surface area contributed by atoms with Gasteiger partial charge in [-0.1, -0.05) is 26.8 Å². The summed E-state index contributed by atoms with van der Waals surface area (Å²) in [6.45, 7) is 8.09. The molecule has 3 rings (SSSR count). The first-order valence-corrected chi connectivity index (χ1v) is 7.11. The van der Waals surface area contributed by atoms with Crippen molar-refractivity contribution in [1.29, 1.82) is 0 Å². The van der Waals surface area contributed by atoms with Crippen LogP contribution < -0.4 is 0 Å². The van der Waals surface area contributed by atoms with Crippen molar-refractivity contribution in [3.05, 3.63) is 29.7 Å². The number of rotatable bonds is 2. The van der Waals surface area contributed by atoms with Gasteiger partial charge in [-0.3, -0.25) is 5.10 Å². The average Bonchev–Trinajstić information content (AvgIpc) is 3.01. The minimum Gasteiger partial charge on any atom is -0.396 e. The van der Waals surface area contributed by atoms with Crippen molar-refractivity contribution in [2.75, 3.05) is 13.2 Å². The van der Waals surface area contributed by atoms with E-state index >= 15 is 0 Å². The van der Waals surface area contributed by atoms with E-state index in [1.165, 1.54) is 5.70 Å². The summed E-state index contributed by atoms with van der Waals surface area (Å²) in [5, 5.41) is 17.1. The number of allylic oxidation sites excluding steroid dienone is 1. The standard InChI is InChI=1S/C15H23N3O/c1-15(2,3)13-10(9-19)14(11-6-7-16-17-11)18-8-4-5-12(13)18/h5-7,10,13-14,19H,4,8-9H2,1-3H3,(H,16,17)/t10-,13?,14+/m1/s1. The van der Waals surface area contributed by atoms with Gasteiger partial charge in [-0.15, -0.1) is 0 Å². The third-order valence-corrected chi connectivity index (χ3v) is 4.53. The van der Waals surface area contributed by atoms with E-state index in [9.17, 15) is 5.11 Å². The van der Waals surface area contributed by atoms with Crippen molar-refractivity contribution in [3.63, 3.8) is 0 Å². The highest BCUT2D eigenvalue weighted by Gasteiger charge is 2.51. The third-order valence-electron chi connectivity index (χ3n) is 4.53. The molecule has 2 aliphatic heterocycles. The van der Waals surface area contributed by atoms with Gasteiger partial charge in [-0.2, -0.15) is 5.10 Å². The zero-order valence-electron chi connectivity index (χ0n) is 11.9. The van der Waals surface area contributed by atoms with E-state index in [4.69, 9.17) is 0 Å². The molecule has 2 N–H and O–H groups in total. The van der Waals surface area contributed by atoms with Crippen LogP contribution >= 0.6 is 0 Å². The molecular formula is C15H23N3O. The predicted molar refractivity (Wildman–Crippen MR) is 74.3 cm³/mol. The number of aliphatic hydroxyl groups is 1. The topological polar surface area (TPSA) is 52.2 Å². The third kappa shape index (κ3) is 1.89. The molecule has 0 amide bonds. The van der Waals surface area contributed by atoms with Gasteiger partial charge in [-0.25, -0.2) is 0 Å². The maximum absolute atomic E-state index is 9.94. The second kappa shape index (κ2) is 4.37. The van der Waals surface area contributed by atoms with E-state index in [-0.39, 0.29) is 24.0 Å². The summed E-state index contributed by atoms with van der Waals surface area (Å²) in [5.41, 5.74) is 2.71. The Kier molecular flexibility index (Phi) is 2.93. The second-order valence-electron chi connectivity index (χ2n) is 6.76. The lowest BCUT2D eigenvalue weighted by molar-refractivity contribution is 0.116. The minimum atomic E-state index is 0.163. The Hall–Kier alpha value is -1.29. The molecule has 1 aromatic heterocycles. The van der Waals surface area contributed by atoms with Gasteiger partial charge < -0.3 is 10.0 Å². The highest BCUT2D eigenvalue weighted by molar-refractivity contribution is 5.27. The molecule has 1 saturated heterocycles. The van der Waals surface area contributed by atoms with E-state index < -0.39 is 0 Å². The number of nitrogens with zero attached hydrogens (tertiary/aromatic N) is 2. The van der Waals surface area contributed by atoms with Crippen LogP contribution in [0.15, 0.2) is 24.0 Å². The summed E-state index contributed by atoms with van der Waals surface area (Å²) in [4.78, 5) is 2.46. The van der Waals surface area contributed by atoms with Gasteiger partial charge in [-0.05, 0) is 17.9 Å². The van der Waals surface area contributed by atoms with Crippen LogP contribution in [-0.2, 0) is 0 Å². The number of aromatic amines is 1. The van der Waals surface area contributed by atoms with Crippen LogP contribution in [0.4, 0.5) is 0 Å². The summed E-state index contributed by atoms with van der Waals surface area (Å²) in [6, 6.07) is 2.28. The van der Waals surface area contributed by atoms with E-state index in [0.29, 0.717) is 5.92 Å². The van der Waals surface area contributed by atoms with E-state index in [2.05, 4.69) is 41.9 Å². The van der Waals surface area contributed by atoms with Gasteiger partial charge in [0.25, 0.3) is 0 Å². The smallest absolute Gasteiger partial charge is 0.0761 e. The van der Waals surface area contributed by atoms with Gasteiger partial charge >= 0.3 is 0 Å². The van der Waals surface area contributed by atoms with Crippen LogP contribution in [0.5, 0.6) is 0 Å². The number of hydrogen-bond acceptors (Lipinski definition) is 3. The van der Waals surface area contributed by atoms with E-state index in [0.717, 1.165) is 18.7 Å². The maximum Gasteiger partial charge on any atom is 0.0761 e. The van der Waals surface area contributed by atoms with Crippen LogP contribution in [0.25, 0.3) is 0 Å². The molecule has 0 aliphatic carbocycles. The highest BCUT2D eigenvalue weighted by atomic mass is 16.3. The Morgan fingerprint density at radius 2 is 2.26 bits per heavy atom. The number of fused-ring (bicyclic) bond motifs is 1. The van der Waals surface area contributed by atoms with Crippen molar-refractivity contribution < 1.29 is 5.11 Å². The fraction of sp³-hybridized carbons (Fsp3) is 0.667. The SMILES string of the molecule is CC(C)(C)C1C2=CCCN2[C@H](c2ccn[nH]2)[C@@H]1CO. The largest absolute Gasteiger partial charge is 0.396 e. The summed E-state index contributed by atoms with van der Waals surface area (Å²) >= 11 is 0. The second-order valence-corrected chi connectivity index (χ2v) is 6.76. The van der Waals surface area contributed by atoms with Crippen molar-refractivity contribution in [1.82, 2.24) is 15.1 Å². The fourth-order valence-corrected chi connectivity index (χ4v) is 3.96. The van der Waals surface area contributed by atoms with Crippen molar-refractivity contribution in [3.8, 4) is 0 Å². The van der Waals surface area contributed by atoms with Crippen molar-refractivity contribution in [2.24, 2.45) is 17.3 Å². The van der Waals surface area contributed by atoms with Crippen LogP contribution in [0.2, 0.25) is 0 Å². The molecule has 104 valence electrons. The Labute approximate surface area is 114 Å². The Bertz CT molecular complexity index is 472. The molecule has 1 unspecified atom stereocenters. The highest BCUT2D eigenvalue weighted by Crippen LogP contribution is 2.54.